The Hall–Kier alpha value is -1.63. The summed E-state index contributed by atoms with van der Waals surface area (Å²) in [4.78, 5) is 30.4. The molecule has 1 heterocycles. The zero-order chi connectivity index (χ0) is 14.7. The lowest BCUT2D eigenvalue weighted by molar-refractivity contribution is -0.145. The molecule has 1 aromatic rings. The van der Waals surface area contributed by atoms with Crippen molar-refractivity contribution in [3.05, 3.63) is 10.6 Å². The number of fused-ring (bicyclic) bond motifs is 1. The Morgan fingerprint density at radius 1 is 1.50 bits per heavy atom. The first-order valence-electron chi connectivity index (χ1n) is 6.63. The molecule has 6 nitrogen and oxygen atoms in total. The molecule has 1 N–H and O–H groups in total. The van der Waals surface area contributed by atoms with Crippen molar-refractivity contribution in [1.82, 2.24) is 9.88 Å². The molecule has 0 bridgehead atoms. The number of thiazole rings is 1. The van der Waals surface area contributed by atoms with Crippen molar-refractivity contribution in [2.45, 2.75) is 25.7 Å². The Bertz CT molecular complexity index is 513. The average molecular weight is 297 g/mol. The molecule has 1 atom stereocenters. The number of anilines is 1. The van der Waals surface area contributed by atoms with E-state index in [1.165, 1.54) is 16.2 Å². The summed E-state index contributed by atoms with van der Waals surface area (Å²) in [5.74, 6) is -0.462. The van der Waals surface area contributed by atoms with Gasteiger partial charge in [-0.2, -0.15) is 0 Å². The van der Waals surface area contributed by atoms with Crippen molar-refractivity contribution in [2.75, 3.05) is 32.6 Å². The molecule has 1 amide bonds. The van der Waals surface area contributed by atoms with Crippen molar-refractivity contribution in [1.29, 1.82) is 0 Å². The van der Waals surface area contributed by atoms with Crippen molar-refractivity contribution in [3.8, 4) is 0 Å². The van der Waals surface area contributed by atoms with Gasteiger partial charge in [-0.15, -0.1) is 11.3 Å². The Morgan fingerprint density at radius 2 is 2.25 bits per heavy atom. The number of carbonyl (C=O) groups excluding carboxylic acids is 2. The monoisotopic (exact) mass is 297 g/mol. The summed E-state index contributed by atoms with van der Waals surface area (Å²) in [5, 5.41) is 3.70. The number of esters is 1. The number of aromatic nitrogens is 1. The summed E-state index contributed by atoms with van der Waals surface area (Å²) < 4.78 is 5.07. The highest BCUT2D eigenvalue weighted by atomic mass is 32.1. The van der Waals surface area contributed by atoms with E-state index in [0.29, 0.717) is 11.7 Å². The standard InChI is InChI=1S/C13H19N3O3S/c1-4-19-12(18)8-5-6-9-11(8)15-13(20-9)14-7-10(17)16(2)3/h8H,4-7H2,1-3H3,(H,14,15). The third-order valence-corrected chi connectivity index (χ3v) is 4.27. The quantitative estimate of drug-likeness (QED) is 0.828. The van der Waals surface area contributed by atoms with Crippen LogP contribution in [0.15, 0.2) is 0 Å². The number of carbonyl (C=O) groups is 2. The number of ether oxygens (including phenoxy) is 1. The number of rotatable bonds is 5. The summed E-state index contributed by atoms with van der Waals surface area (Å²) in [6.45, 7) is 2.40. The fourth-order valence-corrected chi connectivity index (χ4v) is 3.12. The van der Waals surface area contributed by atoms with Crippen LogP contribution in [0.1, 0.15) is 29.8 Å². The molecule has 0 saturated heterocycles. The largest absolute Gasteiger partial charge is 0.465 e. The van der Waals surface area contributed by atoms with Crippen molar-refractivity contribution >= 4 is 28.3 Å². The molecule has 110 valence electrons. The molecule has 2 rings (SSSR count). The van der Waals surface area contributed by atoms with Crippen LogP contribution >= 0.6 is 11.3 Å². The van der Waals surface area contributed by atoms with Gasteiger partial charge in [0.2, 0.25) is 5.91 Å². The van der Waals surface area contributed by atoms with Crippen LogP contribution in [0.25, 0.3) is 0 Å². The Kier molecular flexibility index (Phi) is 4.59. The smallest absolute Gasteiger partial charge is 0.315 e. The van der Waals surface area contributed by atoms with Gasteiger partial charge in [0.25, 0.3) is 0 Å². The molecule has 0 aromatic carbocycles. The van der Waals surface area contributed by atoms with Crippen LogP contribution in [0.5, 0.6) is 0 Å². The number of nitrogens with one attached hydrogen (secondary N) is 1. The van der Waals surface area contributed by atoms with Crippen molar-refractivity contribution in [2.24, 2.45) is 0 Å². The number of hydrogen-bond donors (Lipinski definition) is 1. The zero-order valence-electron chi connectivity index (χ0n) is 11.9. The first-order chi connectivity index (χ1) is 9.52. The third-order valence-electron chi connectivity index (χ3n) is 3.18. The van der Waals surface area contributed by atoms with Crippen LogP contribution in [0, 0.1) is 0 Å². The normalized spacial score (nSPS) is 16.6. The lowest BCUT2D eigenvalue weighted by atomic mass is 10.1. The summed E-state index contributed by atoms with van der Waals surface area (Å²) in [6.07, 6.45) is 1.61. The molecule has 7 heteroatoms. The van der Waals surface area contributed by atoms with Gasteiger partial charge in [0, 0.05) is 19.0 Å². The first kappa shape index (κ1) is 14.8. The minimum absolute atomic E-state index is 0.0118. The molecule has 1 aromatic heterocycles. The predicted molar refractivity (Wildman–Crippen MR) is 77.0 cm³/mol. The van der Waals surface area contributed by atoms with Crippen LogP contribution < -0.4 is 5.32 Å². The second kappa shape index (κ2) is 6.21. The molecule has 0 fully saturated rings. The van der Waals surface area contributed by atoms with E-state index >= 15 is 0 Å². The van der Waals surface area contributed by atoms with E-state index in [1.807, 2.05) is 0 Å². The van der Waals surface area contributed by atoms with E-state index in [9.17, 15) is 9.59 Å². The van der Waals surface area contributed by atoms with E-state index in [4.69, 9.17) is 4.74 Å². The number of hydrogen-bond acceptors (Lipinski definition) is 6. The summed E-state index contributed by atoms with van der Waals surface area (Å²) in [7, 11) is 3.42. The van der Waals surface area contributed by atoms with Gasteiger partial charge in [-0.05, 0) is 19.8 Å². The molecule has 0 radical (unpaired) electrons. The first-order valence-corrected chi connectivity index (χ1v) is 7.44. The molecule has 0 aliphatic heterocycles. The molecular weight excluding hydrogens is 278 g/mol. The Labute approximate surface area is 122 Å². The van der Waals surface area contributed by atoms with E-state index in [1.54, 1.807) is 21.0 Å². The van der Waals surface area contributed by atoms with Gasteiger partial charge in [-0.3, -0.25) is 9.59 Å². The highest BCUT2D eigenvalue weighted by Crippen LogP contribution is 2.38. The summed E-state index contributed by atoms with van der Waals surface area (Å²) in [6, 6.07) is 0. The fraction of sp³-hybridized carbons (Fsp3) is 0.615. The maximum atomic E-state index is 11.8. The molecule has 0 saturated carbocycles. The minimum Gasteiger partial charge on any atom is -0.465 e. The number of nitrogens with zero attached hydrogens (tertiary/aromatic N) is 2. The predicted octanol–water partition coefficient (Wildman–Crippen LogP) is 1.24. The molecule has 1 aliphatic carbocycles. The second-order valence-electron chi connectivity index (χ2n) is 4.81. The van der Waals surface area contributed by atoms with Crippen molar-refractivity contribution in [3.63, 3.8) is 0 Å². The van der Waals surface area contributed by atoms with Crippen LogP contribution in [0.2, 0.25) is 0 Å². The van der Waals surface area contributed by atoms with Gasteiger partial charge in [0.15, 0.2) is 5.13 Å². The van der Waals surface area contributed by atoms with Gasteiger partial charge in [-0.25, -0.2) is 4.98 Å². The van der Waals surface area contributed by atoms with Gasteiger partial charge in [0.1, 0.15) is 5.92 Å². The number of likely N-dealkylation sites (N-methyl/N-ethyl adjacent to an activating group) is 1. The Balaban J connectivity index is 2.01. The summed E-state index contributed by atoms with van der Waals surface area (Å²) >= 11 is 1.51. The Morgan fingerprint density at radius 3 is 2.90 bits per heavy atom. The molecule has 0 spiro atoms. The van der Waals surface area contributed by atoms with Crippen molar-refractivity contribution < 1.29 is 14.3 Å². The van der Waals surface area contributed by atoms with Crippen LogP contribution in [-0.2, 0) is 20.7 Å². The van der Waals surface area contributed by atoms with Gasteiger partial charge < -0.3 is 15.0 Å². The lowest BCUT2D eigenvalue weighted by Gasteiger charge is -2.10. The molecule has 1 unspecified atom stereocenters. The van der Waals surface area contributed by atoms with Gasteiger partial charge in [-0.1, -0.05) is 0 Å². The summed E-state index contributed by atoms with van der Waals surface area (Å²) in [5.41, 5.74) is 0.813. The zero-order valence-corrected chi connectivity index (χ0v) is 12.7. The number of amides is 1. The highest BCUT2D eigenvalue weighted by molar-refractivity contribution is 7.15. The topological polar surface area (TPSA) is 71.5 Å². The van der Waals surface area contributed by atoms with Crippen LogP contribution in [0.3, 0.4) is 0 Å². The SMILES string of the molecule is CCOC(=O)C1CCc2sc(NCC(=O)N(C)C)nc21. The van der Waals surface area contributed by atoms with E-state index in [-0.39, 0.29) is 24.3 Å². The lowest BCUT2D eigenvalue weighted by Crippen LogP contribution is -2.28. The minimum atomic E-state index is -0.249. The molecular formula is C13H19N3O3S. The second-order valence-corrected chi connectivity index (χ2v) is 5.90. The highest BCUT2D eigenvalue weighted by Gasteiger charge is 2.33. The van der Waals surface area contributed by atoms with Crippen LogP contribution in [-0.4, -0.2) is 49.0 Å². The third kappa shape index (κ3) is 3.09. The average Bonchev–Trinajstić information content (AvgIpc) is 2.95. The van der Waals surface area contributed by atoms with E-state index < -0.39 is 0 Å². The maximum absolute atomic E-state index is 11.8. The van der Waals surface area contributed by atoms with Gasteiger partial charge >= 0.3 is 5.97 Å². The molecule has 20 heavy (non-hydrogen) atoms. The fourth-order valence-electron chi connectivity index (χ4n) is 2.08. The maximum Gasteiger partial charge on any atom is 0.315 e. The van der Waals surface area contributed by atoms with E-state index in [0.717, 1.165) is 23.4 Å². The van der Waals surface area contributed by atoms with E-state index in [2.05, 4.69) is 10.3 Å². The van der Waals surface area contributed by atoms with Gasteiger partial charge in [0.05, 0.1) is 18.8 Å². The number of aryl methyl sites for hydroxylation is 1. The van der Waals surface area contributed by atoms with Crippen LogP contribution in [0.4, 0.5) is 5.13 Å². The molecule has 1 aliphatic rings.